The van der Waals surface area contributed by atoms with E-state index in [9.17, 15) is 4.39 Å². The highest BCUT2D eigenvalue weighted by Crippen LogP contribution is 2.44. The summed E-state index contributed by atoms with van der Waals surface area (Å²) in [5, 5.41) is 0. The highest BCUT2D eigenvalue weighted by molar-refractivity contribution is 5.15. The lowest BCUT2D eigenvalue weighted by atomic mass is 9.68. The van der Waals surface area contributed by atoms with Gasteiger partial charge in [-0.3, -0.25) is 0 Å². The third-order valence-electron chi connectivity index (χ3n) is 6.77. The number of pyridine rings is 1. The van der Waals surface area contributed by atoms with Crippen molar-refractivity contribution >= 4 is 0 Å². The molecule has 2 aliphatic rings. The lowest BCUT2D eigenvalue weighted by Gasteiger charge is -2.38. The molecule has 24 heavy (non-hydrogen) atoms. The minimum absolute atomic E-state index is 0.358. The maximum atomic E-state index is 13.0. The first kappa shape index (κ1) is 17.9. The smallest absolute Gasteiger partial charge is 0.212 e. The zero-order chi connectivity index (χ0) is 16.8. The highest BCUT2D eigenvalue weighted by atomic mass is 19.1. The number of unbranched alkanes of at least 4 members (excludes halogenated alkanes) is 2. The number of hydrogen-bond acceptors (Lipinski definition) is 1. The van der Waals surface area contributed by atoms with Crippen LogP contribution in [0.5, 0.6) is 0 Å². The van der Waals surface area contributed by atoms with Crippen molar-refractivity contribution in [3.63, 3.8) is 0 Å². The molecule has 0 aromatic carbocycles. The van der Waals surface area contributed by atoms with E-state index in [2.05, 4.69) is 11.9 Å². The van der Waals surface area contributed by atoms with Gasteiger partial charge >= 0.3 is 0 Å². The van der Waals surface area contributed by atoms with Gasteiger partial charge in [-0.15, -0.1) is 0 Å². The van der Waals surface area contributed by atoms with Crippen molar-refractivity contribution in [1.82, 2.24) is 4.98 Å². The van der Waals surface area contributed by atoms with Gasteiger partial charge in [0.05, 0.1) is 0 Å². The van der Waals surface area contributed by atoms with Crippen LogP contribution in [0, 0.1) is 23.7 Å². The molecule has 0 aliphatic heterocycles. The Balaban J connectivity index is 1.40. The average Bonchev–Trinajstić information content (AvgIpc) is 2.63. The molecule has 0 amide bonds. The van der Waals surface area contributed by atoms with Crippen molar-refractivity contribution in [3.8, 4) is 0 Å². The van der Waals surface area contributed by atoms with Gasteiger partial charge in [0.2, 0.25) is 5.95 Å². The Kier molecular flexibility index (Phi) is 6.68. The number of rotatable bonds is 6. The van der Waals surface area contributed by atoms with E-state index in [-0.39, 0.29) is 5.95 Å². The van der Waals surface area contributed by atoms with Gasteiger partial charge < -0.3 is 0 Å². The maximum Gasteiger partial charge on any atom is 0.212 e. The van der Waals surface area contributed by atoms with Crippen LogP contribution in [0.25, 0.3) is 0 Å². The molecule has 1 aromatic heterocycles. The van der Waals surface area contributed by atoms with Crippen molar-refractivity contribution in [3.05, 3.63) is 29.8 Å². The molecule has 134 valence electrons. The third kappa shape index (κ3) is 4.80. The van der Waals surface area contributed by atoms with Crippen LogP contribution in [0.3, 0.4) is 0 Å². The summed E-state index contributed by atoms with van der Waals surface area (Å²) in [6.07, 6.45) is 18.6. The second-order valence-corrected chi connectivity index (χ2v) is 8.30. The first-order valence-electron chi connectivity index (χ1n) is 10.4. The van der Waals surface area contributed by atoms with Gasteiger partial charge in [-0.05, 0) is 73.8 Å². The molecule has 1 aromatic rings. The van der Waals surface area contributed by atoms with Crippen molar-refractivity contribution in [1.29, 1.82) is 0 Å². The highest BCUT2D eigenvalue weighted by Gasteiger charge is 2.31. The zero-order valence-electron chi connectivity index (χ0n) is 15.4. The number of nitrogens with zero attached hydrogens (tertiary/aromatic N) is 1. The quantitative estimate of drug-likeness (QED) is 0.409. The van der Waals surface area contributed by atoms with Gasteiger partial charge in [-0.1, -0.05) is 51.5 Å². The molecular formula is C22H34FN. The molecule has 1 nitrogen and oxygen atoms in total. The van der Waals surface area contributed by atoms with E-state index < -0.39 is 0 Å². The molecule has 0 unspecified atom stereocenters. The van der Waals surface area contributed by atoms with E-state index in [0.717, 1.165) is 17.8 Å². The lowest BCUT2D eigenvalue weighted by molar-refractivity contribution is 0.155. The summed E-state index contributed by atoms with van der Waals surface area (Å²) in [6, 6.07) is 3.45. The van der Waals surface area contributed by atoms with Crippen molar-refractivity contribution in [2.45, 2.75) is 89.9 Å². The standard InChI is InChI=1S/C22H34FN/c1-2-3-4-5-17-6-8-18(9-7-17)19-10-12-20(13-11-19)21-14-15-22(23)24-16-21/h14-20H,2-13H2,1H3. The van der Waals surface area contributed by atoms with E-state index >= 15 is 0 Å². The normalized spacial score (nSPS) is 31.1. The Bertz CT molecular complexity index is 467. The van der Waals surface area contributed by atoms with Gasteiger partial charge in [0.25, 0.3) is 0 Å². The summed E-state index contributed by atoms with van der Waals surface area (Å²) in [5.41, 5.74) is 1.24. The topological polar surface area (TPSA) is 12.9 Å². The summed E-state index contributed by atoms with van der Waals surface area (Å²) in [7, 11) is 0. The minimum atomic E-state index is -0.358. The molecule has 2 aliphatic carbocycles. The fourth-order valence-electron chi connectivity index (χ4n) is 5.18. The van der Waals surface area contributed by atoms with Crippen LogP contribution in [-0.2, 0) is 0 Å². The van der Waals surface area contributed by atoms with Crippen molar-refractivity contribution in [2.75, 3.05) is 0 Å². The Labute approximate surface area is 147 Å². The van der Waals surface area contributed by atoms with Crippen LogP contribution in [0.4, 0.5) is 4.39 Å². The fourth-order valence-corrected chi connectivity index (χ4v) is 5.18. The number of halogens is 1. The summed E-state index contributed by atoms with van der Waals surface area (Å²) in [5.74, 6) is 3.21. The first-order chi connectivity index (χ1) is 11.8. The Hall–Kier alpha value is -0.920. The van der Waals surface area contributed by atoms with Crippen molar-refractivity contribution < 1.29 is 4.39 Å². The van der Waals surface area contributed by atoms with Crippen LogP contribution in [0.1, 0.15) is 95.5 Å². The van der Waals surface area contributed by atoms with E-state index in [0.29, 0.717) is 5.92 Å². The number of aromatic nitrogens is 1. The summed E-state index contributed by atoms with van der Waals surface area (Å²) in [4.78, 5) is 3.84. The molecule has 0 bridgehead atoms. The minimum Gasteiger partial charge on any atom is -0.228 e. The molecule has 0 N–H and O–H groups in total. The average molecular weight is 332 g/mol. The molecular weight excluding hydrogens is 297 g/mol. The van der Waals surface area contributed by atoms with Crippen LogP contribution >= 0.6 is 0 Å². The van der Waals surface area contributed by atoms with Crippen LogP contribution in [-0.4, -0.2) is 4.98 Å². The van der Waals surface area contributed by atoms with E-state index in [4.69, 9.17) is 0 Å². The molecule has 0 saturated heterocycles. The molecule has 0 atom stereocenters. The molecule has 2 heteroatoms. The summed E-state index contributed by atoms with van der Waals surface area (Å²) >= 11 is 0. The van der Waals surface area contributed by atoms with Gasteiger partial charge in [0, 0.05) is 6.20 Å². The van der Waals surface area contributed by atoms with Crippen LogP contribution < -0.4 is 0 Å². The molecule has 0 spiro atoms. The molecule has 2 fully saturated rings. The first-order valence-corrected chi connectivity index (χ1v) is 10.4. The van der Waals surface area contributed by atoms with E-state index in [1.165, 1.54) is 88.7 Å². The summed E-state index contributed by atoms with van der Waals surface area (Å²) < 4.78 is 13.0. The maximum absolute atomic E-state index is 13.0. The fraction of sp³-hybridized carbons (Fsp3) is 0.773. The van der Waals surface area contributed by atoms with E-state index in [1.54, 1.807) is 6.20 Å². The predicted molar refractivity (Wildman–Crippen MR) is 98.5 cm³/mol. The summed E-state index contributed by atoms with van der Waals surface area (Å²) in [6.45, 7) is 2.30. The van der Waals surface area contributed by atoms with Gasteiger partial charge in [0.1, 0.15) is 0 Å². The SMILES string of the molecule is CCCCCC1CCC(C2CCC(c3ccc(F)nc3)CC2)CC1. The molecule has 3 rings (SSSR count). The second kappa shape index (κ2) is 8.97. The second-order valence-electron chi connectivity index (χ2n) is 8.30. The zero-order valence-corrected chi connectivity index (χ0v) is 15.4. The molecule has 1 heterocycles. The molecule has 0 radical (unpaired) electrons. The Morgan fingerprint density at radius 1 is 0.917 bits per heavy atom. The van der Waals surface area contributed by atoms with Crippen molar-refractivity contribution in [2.24, 2.45) is 17.8 Å². The van der Waals surface area contributed by atoms with Gasteiger partial charge in [-0.25, -0.2) is 4.98 Å². The van der Waals surface area contributed by atoms with Crippen LogP contribution in [0.15, 0.2) is 18.3 Å². The Morgan fingerprint density at radius 3 is 2.17 bits per heavy atom. The van der Waals surface area contributed by atoms with Crippen LogP contribution in [0.2, 0.25) is 0 Å². The largest absolute Gasteiger partial charge is 0.228 e. The Morgan fingerprint density at radius 2 is 1.58 bits per heavy atom. The third-order valence-corrected chi connectivity index (χ3v) is 6.77. The monoisotopic (exact) mass is 331 g/mol. The number of hydrogen-bond donors (Lipinski definition) is 0. The van der Waals surface area contributed by atoms with Gasteiger partial charge in [0.15, 0.2) is 0 Å². The molecule has 2 saturated carbocycles. The van der Waals surface area contributed by atoms with E-state index in [1.807, 2.05) is 6.07 Å². The lowest BCUT2D eigenvalue weighted by Crippen LogP contribution is -2.25. The van der Waals surface area contributed by atoms with Gasteiger partial charge in [-0.2, -0.15) is 4.39 Å². The predicted octanol–water partition coefficient (Wildman–Crippen LogP) is 6.88.